The molecule has 2 heterocycles. The molecule has 0 unspecified atom stereocenters. The Morgan fingerprint density at radius 3 is 2.42 bits per heavy atom. The van der Waals surface area contributed by atoms with Gasteiger partial charge in [0.25, 0.3) is 0 Å². The van der Waals surface area contributed by atoms with Gasteiger partial charge in [-0.2, -0.15) is 18.3 Å². The van der Waals surface area contributed by atoms with E-state index >= 15 is 0 Å². The lowest BCUT2D eigenvalue weighted by Crippen LogP contribution is -2.05. The molecule has 0 aliphatic carbocycles. The van der Waals surface area contributed by atoms with Crippen molar-refractivity contribution in [3.05, 3.63) is 90.3 Å². The summed E-state index contributed by atoms with van der Waals surface area (Å²) in [4.78, 5) is 3.96. The fraction of sp³-hybridized carbons (Fsp3) is 0.143. The second-order valence-corrected chi connectivity index (χ2v) is 6.61. The molecule has 0 radical (unpaired) electrons. The van der Waals surface area contributed by atoms with Crippen molar-refractivity contribution >= 4 is 11.5 Å². The van der Waals surface area contributed by atoms with Gasteiger partial charge < -0.3 is 4.74 Å². The van der Waals surface area contributed by atoms with Crippen LogP contribution >= 0.6 is 0 Å². The highest BCUT2D eigenvalue weighted by Gasteiger charge is 2.30. The number of halogens is 3. The van der Waals surface area contributed by atoms with Gasteiger partial charge in [-0.1, -0.05) is 35.5 Å². The largest absolute Gasteiger partial charge is 0.485 e. The highest BCUT2D eigenvalue weighted by atomic mass is 19.4. The van der Waals surface area contributed by atoms with E-state index < -0.39 is 11.7 Å². The predicted molar refractivity (Wildman–Crippen MR) is 106 cm³/mol. The summed E-state index contributed by atoms with van der Waals surface area (Å²) in [5, 5.41) is 12.2. The molecule has 2 aromatic heterocycles. The quantitative estimate of drug-likeness (QED) is 0.427. The second-order valence-electron chi connectivity index (χ2n) is 6.61. The minimum Gasteiger partial charge on any atom is -0.485 e. The number of alkyl halides is 3. The number of nitrogens with zero attached hydrogens (tertiary/aromatic N) is 6. The fourth-order valence-electron chi connectivity index (χ4n) is 2.91. The minimum absolute atomic E-state index is 0.108. The number of hydrogen-bond acceptors (Lipinski definition) is 5. The van der Waals surface area contributed by atoms with E-state index in [-0.39, 0.29) is 6.61 Å². The lowest BCUT2D eigenvalue weighted by atomic mass is 10.1. The molecule has 0 bridgehead atoms. The Morgan fingerprint density at radius 2 is 1.77 bits per heavy atom. The maximum atomic E-state index is 12.7. The van der Waals surface area contributed by atoms with Gasteiger partial charge in [0, 0.05) is 5.56 Å². The molecule has 158 valence electrons. The summed E-state index contributed by atoms with van der Waals surface area (Å²) in [5.74, 6) is 0.593. The van der Waals surface area contributed by atoms with E-state index in [0.29, 0.717) is 17.1 Å². The van der Waals surface area contributed by atoms with Gasteiger partial charge in [0.1, 0.15) is 30.7 Å². The van der Waals surface area contributed by atoms with Gasteiger partial charge in [0.05, 0.1) is 23.1 Å². The molecule has 0 saturated carbocycles. The molecule has 31 heavy (non-hydrogen) atoms. The van der Waals surface area contributed by atoms with E-state index in [4.69, 9.17) is 4.74 Å². The van der Waals surface area contributed by atoms with Crippen LogP contribution in [0.5, 0.6) is 0 Å². The third-order valence-electron chi connectivity index (χ3n) is 4.49. The molecular weight excluding hydrogens is 409 g/mol. The van der Waals surface area contributed by atoms with E-state index in [1.807, 2.05) is 37.3 Å². The maximum Gasteiger partial charge on any atom is 0.416 e. The van der Waals surface area contributed by atoms with Gasteiger partial charge in [0.15, 0.2) is 0 Å². The van der Waals surface area contributed by atoms with Crippen molar-refractivity contribution in [1.29, 1.82) is 0 Å². The summed E-state index contributed by atoms with van der Waals surface area (Å²) >= 11 is 0. The van der Waals surface area contributed by atoms with Crippen molar-refractivity contribution < 1.29 is 17.9 Å². The van der Waals surface area contributed by atoms with Crippen molar-refractivity contribution in [2.75, 3.05) is 0 Å². The Hall–Kier alpha value is -3.95. The van der Waals surface area contributed by atoms with Crippen molar-refractivity contribution in [1.82, 2.24) is 29.8 Å². The normalized spacial score (nSPS) is 12.5. The van der Waals surface area contributed by atoms with Gasteiger partial charge in [-0.15, -0.1) is 5.10 Å². The SMILES string of the molecule is C/C(=C(/OCc1cn(-c2ccc(C(F)(F)F)cc2)nn1)c1ccccc1)n1cncn1. The smallest absolute Gasteiger partial charge is 0.416 e. The van der Waals surface area contributed by atoms with Crippen LogP contribution < -0.4 is 0 Å². The highest BCUT2D eigenvalue weighted by molar-refractivity contribution is 5.77. The van der Waals surface area contributed by atoms with Crippen LogP contribution in [0.15, 0.2) is 73.4 Å². The molecule has 0 N–H and O–H groups in total. The average molecular weight is 426 g/mol. The third kappa shape index (κ3) is 4.63. The Bertz CT molecular complexity index is 1170. The van der Waals surface area contributed by atoms with Crippen molar-refractivity contribution in [2.45, 2.75) is 19.7 Å². The van der Waals surface area contributed by atoms with Crippen LogP contribution in [0, 0.1) is 0 Å². The maximum absolute atomic E-state index is 12.7. The number of allylic oxidation sites excluding steroid dienone is 1. The number of hydrogen-bond donors (Lipinski definition) is 0. The first-order valence-corrected chi connectivity index (χ1v) is 9.25. The molecule has 4 aromatic rings. The van der Waals surface area contributed by atoms with Crippen LogP contribution in [0.25, 0.3) is 17.1 Å². The molecule has 10 heteroatoms. The summed E-state index contributed by atoms with van der Waals surface area (Å²) in [7, 11) is 0. The summed E-state index contributed by atoms with van der Waals surface area (Å²) < 4.78 is 47.3. The molecule has 7 nitrogen and oxygen atoms in total. The summed E-state index contributed by atoms with van der Waals surface area (Å²) in [5.41, 5.74) is 1.84. The van der Waals surface area contributed by atoms with Crippen molar-refractivity contribution in [2.24, 2.45) is 0 Å². The first kappa shape index (κ1) is 20.3. The zero-order valence-electron chi connectivity index (χ0n) is 16.4. The molecule has 0 amide bonds. The lowest BCUT2D eigenvalue weighted by molar-refractivity contribution is -0.137. The molecule has 0 aliphatic rings. The van der Waals surface area contributed by atoms with Crippen LogP contribution in [0.2, 0.25) is 0 Å². The Balaban J connectivity index is 1.54. The molecule has 0 spiro atoms. The van der Waals surface area contributed by atoms with Crippen LogP contribution in [-0.2, 0) is 17.5 Å². The van der Waals surface area contributed by atoms with Crippen LogP contribution in [0.1, 0.15) is 23.7 Å². The molecular formula is C21H17F3N6O. The lowest BCUT2D eigenvalue weighted by Gasteiger charge is -2.13. The van der Waals surface area contributed by atoms with Crippen LogP contribution in [-0.4, -0.2) is 29.8 Å². The fourth-order valence-corrected chi connectivity index (χ4v) is 2.91. The van der Waals surface area contributed by atoms with Gasteiger partial charge in [-0.05, 0) is 31.2 Å². The Morgan fingerprint density at radius 1 is 1.03 bits per heavy atom. The third-order valence-corrected chi connectivity index (χ3v) is 4.49. The first-order valence-electron chi connectivity index (χ1n) is 9.25. The van der Waals surface area contributed by atoms with Crippen LogP contribution in [0.4, 0.5) is 13.2 Å². The Kier molecular flexibility index (Phi) is 5.52. The van der Waals surface area contributed by atoms with E-state index in [1.165, 1.54) is 23.1 Å². The second kappa shape index (κ2) is 8.42. The molecule has 0 saturated heterocycles. The molecule has 0 atom stereocenters. The van der Waals surface area contributed by atoms with Gasteiger partial charge in [0.2, 0.25) is 0 Å². The van der Waals surface area contributed by atoms with E-state index in [9.17, 15) is 13.2 Å². The monoisotopic (exact) mass is 426 g/mol. The zero-order valence-corrected chi connectivity index (χ0v) is 16.4. The summed E-state index contributed by atoms with van der Waals surface area (Å²) in [6, 6.07) is 14.2. The van der Waals surface area contributed by atoms with Gasteiger partial charge in [-0.3, -0.25) is 0 Å². The molecule has 2 aromatic carbocycles. The standard InChI is InChI=1S/C21H17F3N6O/c1-15(30-14-25-13-26-30)20(16-5-3-2-4-6-16)31-12-18-11-29(28-27-18)19-9-7-17(8-10-19)21(22,23)24/h2-11,13-14H,12H2,1H3/b20-15-. The summed E-state index contributed by atoms with van der Waals surface area (Å²) in [6.45, 7) is 1.97. The van der Waals surface area contributed by atoms with E-state index in [2.05, 4.69) is 20.4 Å². The minimum atomic E-state index is -4.39. The Labute approximate surface area is 175 Å². The average Bonchev–Trinajstić information content (AvgIpc) is 3.47. The topological polar surface area (TPSA) is 70.7 Å². The number of benzene rings is 2. The molecule has 0 fully saturated rings. The van der Waals surface area contributed by atoms with Crippen molar-refractivity contribution in [3.63, 3.8) is 0 Å². The predicted octanol–water partition coefficient (Wildman–Crippen LogP) is 4.44. The van der Waals surface area contributed by atoms with Crippen LogP contribution in [0.3, 0.4) is 0 Å². The number of rotatable bonds is 6. The number of aromatic nitrogens is 6. The highest BCUT2D eigenvalue weighted by Crippen LogP contribution is 2.29. The number of ether oxygens (including phenoxy) is 1. The molecule has 4 rings (SSSR count). The van der Waals surface area contributed by atoms with E-state index in [1.54, 1.807) is 17.2 Å². The van der Waals surface area contributed by atoms with E-state index in [0.717, 1.165) is 23.4 Å². The zero-order chi connectivity index (χ0) is 21.8. The first-order chi connectivity index (χ1) is 14.9. The van der Waals surface area contributed by atoms with Gasteiger partial charge >= 0.3 is 6.18 Å². The molecule has 0 aliphatic heterocycles. The van der Waals surface area contributed by atoms with Gasteiger partial charge in [-0.25, -0.2) is 14.3 Å². The summed E-state index contributed by atoms with van der Waals surface area (Å²) in [6.07, 6.45) is 0.225. The van der Waals surface area contributed by atoms with Crippen molar-refractivity contribution in [3.8, 4) is 5.69 Å².